The lowest BCUT2D eigenvalue weighted by Gasteiger charge is -2.26. The molecule has 0 spiro atoms. The first-order valence-electron chi connectivity index (χ1n) is 6.97. The molecule has 6 nitrogen and oxygen atoms in total. The van der Waals surface area contributed by atoms with Gasteiger partial charge in [0, 0.05) is 6.04 Å². The van der Waals surface area contributed by atoms with Gasteiger partial charge in [-0.25, -0.2) is 0 Å². The van der Waals surface area contributed by atoms with Crippen LogP contribution in [0.25, 0.3) is 0 Å². The molecule has 1 atom stereocenters. The average molecular weight is 309 g/mol. The largest absolute Gasteiger partial charge is 0.493 e. The minimum atomic E-state index is -0.947. The third kappa shape index (κ3) is 4.13. The van der Waals surface area contributed by atoms with Gasteiger partial charge in [0.2, 0.25) is 5.91 Å². The molecule has 1 unspecified atom stereocenters. The van der Waals surface area contributed by atoms with Crippen LogP contribution in [-0.2, 0) is 15.0 Å². The highest BCUT2D eigenvalue weighted by atomic mass is 16.5. The molecule has 1 amide bonds. The Morgan fingerprint density at radius 3 is 2.32 bits per heavy atom. The Morgan fingerprint density at radius 1 is 1.23 bits per heavy atom. The van der Waals surface area contributed by atoms with Gasteiger partial charge in [0.15, 0.2) is 11.5 Å². The van der Waals surface area contributed by atoms with Crippen LogP contribution in [0.5, 0.6) is 11.5 Å². The van der Waals surface area contributed by atoms with E-state index in [0.29, 0.717) is 11.5 Å². The zero-order chi connectivity index (χ0) is 16.9. The van der Waals surface area contributed by atoms with Crippen molar-refractivity contribution < 1.29 is 24.2 Å². The Bertz CT molecular complexity index is 553. The van der Waals surface area contributed by atoms with Crippen LogP contribution in [0, 0.1) is 0 Å². The van der Waals surface area contributed by atoms with E-state index in [0.717, 1.165) is 5.56 Å². The number of benzene rings is 1. The minimum Gasteiger partial charge on any atom is -0.493 e. The number of carbonyl (C=O) groups is 2. The second-order valence-electron chi connectivity index (χ2n) is 5.67. The van der Waals surface area contributed by atoms with Crippen molar-refractivity contribution in [2.24, 2.45) is 0 Å². The SMILES string of the molecule is COc1ccc(C(C)(C)C(=O)NC(C)CC(=O)O)cc1OC. The summed E-state index contributed by atoms with van der Waals surface area (Å²) in [7, 11) is 3.08. The molecule has 0 heterocycles. The number of methoxy groups -OCH3 is 2. The maximum Gasteiger partial charge on any atom is 0.305 e. The van der Waals surface area contributed by atoms with Crippen LogP contribution in [0.1, 0.15) is 32.8 Å². The predicted molar refractivity (Wildman–Crippen MR) is 82.4 cm³/mol. The zero-order valence-corrected chi connectivity index (χ0v) is 13.6. The number of ether oxygens (including phenoxy) is 2. The summed E-state index contributed by atoms with van der Waals surface area (Å²) >= 11 is 0. The Morgan fingerprint density at radius 2 is 1.82 bits per heavy atom. The molecule has 6 heteroatoms. The smallest absolute Gasteiger partial charge is 0.305 e. The lowest BCUT2D eigenvalue weighted by atomic mass is 9.83. The van der Waals surface area contributed by atoms with E-state index in [1.165, 1.54) is 7.11 Å². The summed E-state index contributed by atoms with van der Waals surface area (Å²) in [6.07, 6.45) is -0.117. The van der Waals surface area contributed by atoms with Gasteiger partial charge in [-0.1, -0.05) is 6.07 Å². The van der Waals surface area contributed by atoms with Crippen molar-refractivity contribution in [1.82, 2.24) is 5.32 Å². The Labute approximate surface area is 130 Å². The fraction of sp³-hybridized carbons (Fsp3) is 0.500. The molecule has 1 aromatic carbocycles. The highest BCUT2D eigenvalue weighted by molar-refractivity contribution is 5.88. The number of carboxylic acids is 1. The van der Waals surface area contributed by atoms with Gasteiger partial charge in [-0.2, -0.15) is 0 Å². The monoisotopic (exact) mass is 309 g/mol. The molecule has 0 saturated carbocycles. The molecule has 0 radical (unpaired) electrons. The first-order chi connectivity index (χ1) is 10.2. The third-order valence-corrected chi connectivity index (χ3v) is 3.53. The number of hydrogen-bond acceptors (Lipinski definition) is 4. The minimum absolute atomic E-state index is 0.117. The molecule has 22 heavy (non-hydrogen) atoms. The van der Waals surface area contributed by atoms with Gasteiger partial charge in [0.05, 0.1) is 26.1 Å². The molecular weight excluding hydrogens is 286 g/mol. The molecule has 0 aliphatic rings. The van der Waals surface area contributed by atoms with E-state index in [9.17, 15) is 9.59 Å². The van der Waals surface area contributed by atoms with Crippen molar-refractivity contribution in [3.63, 3.8) is 0 Å². The highest BCUT2D eigenvalue weighted by Gasteiger charge is 2.31. The van der Waals surface area contributed by atoms with E-state index in [4.69, 9.17) is 14.6 Å². The van der Waals surface area contributed by atoms with Crippen molar-refractivity contribution in [3.05, 3.63) is 23.8 Å². The number of aliphatic carboxylic acids is 1. The molecule has 0 bridgehead atoms. The molecule has 2 N–H and O–H groups in total. The molecule has 0 saturated heterocycles. The van der Waals surface area contributed by atoms with Crippen LogP contribution in [0.3, 0.4) is 0 Å². The van der Waals surface area contributed by atoms with Crippen molar-refractivity contribution in [2.45, 2.75) is 38.6 Å². The average Bonchev–Trinajstić information content (AvgIpc) is 2.45. The topological polar surface area (TPSA) is 84.9 Å². The van der Waals surface area contributed by atoms with Crippen molar-refractivity contribution in [3.8, 4) is 11.5 Å². The van der Waals surface area contributed by atoms with Crippen LogP contribution in [0.15, 0.2) is 18.2 Å². The number of amides is 1. The van der Waals surface area contributed by atoms with Crippen molar-refractivity contribution >= 4 is 11.9 Å². The molecule has 1 rings (SSSR count). The molecule has 0 fully saturated rings. The molecule has 0 aromatic heterocycles. The highest BCUT2D eigenvalue weighted by Crippen LogP contribution is 2.33. The Balaban J connectivity index is 2.97. The van der Waals surface area contributed by atoms with E-state index in [-0.39, 0.29) is 12.3 Å². The summed E-state index contributed by atoms with van der Waals surface area (Å²) in [5, 5.41) is 11.5. The van der Waals surface area contributed by atoms with Gasteiger partial charge in [-0.15, -0.1) is 0 Å². The second-order valence-corrected chi connectivity index (χ2v) is 5.67. The summed E-state index contributed by atoms with van der Waals surface area (Å²) in [6.45, 7) is 5.21. The van der Waals surface area contributed by atoms with Crippen molar-refractivity contribution in [1.29, 1.82) is 0 Å². The van der Waals surface area contributed by atoms with Gasteiger partial charge >= 0.3 is 5.97 Å². The Hall–Kier alpha value is -2.24. The molecule has 122 valence electrons. The van der Waals surface area contributed by atoms with Gasteiger partial charge in [0.1, 0.15) is 0 Å². The summed E-state index contributed by atoms with van der Waals surface area (Å²) in [4.78, 5) is 23.1. The maximum absolute atomic E-state index is 12.4. The van der Waals surface area contributed by atoms with Crippen LogP contribution >= 0.6 is 0 Å². The van der Waals surface area contributed by atoms with Gasteiger partial charge in [-0.3, -0.25) is 9.59 Å². The number of carbonyl (C=O) groups excluding carboxylic acids is 1. The van der Waals surface area contributed by atoms with Gasteiger partial charge < -0.3 is 19.9 Å². The number of hydrogen-bond donors (Lipinski definition) is 2. The van der Waals surface area contributed by atoms with Crippen molar-refractivity contribution in [2.75, 3.05) is 14.2 Å². The van der Waals surface area contributed by atoms with E-state index in [1.807, 2.05) is 0 Å². The second kappa shape index (κ2) is 7.15. The van der Waals surface area contributed by atoms with E-state index >= 15 is 0 Å². The van der Waals surface area contributed by atoms with Gasteiger partial charge in [-0.05, 0) is 38.5 Å². The number of nitrogens with one attached hydrogen (secondary N) is 1. The van der Waals surface area contributed by atoms with Crippen LogP contribution < -0.4 is 14.8 Å². The summed E-state index contributed by atoms with van der Waals surface area (Å²) in [5.41, 5.74) is -0.0723. The summed E-state index contributed by atoms with van der Waals surface area (Å²) < 4.78 is 10.4. The fourth-order valence-electron chi connectivity index (χ4n) is 2.07. The number of rotatable bonds is 7. The van der Waals surface area contributed by atoms with Crippen LogP contribution in [-0.4, -0.2) is 37.2 Å². The fourth-order valence-corrected chi connectivity index (χ4v) is 2.07. The van der Waals surface area contributed by atoms with Gasteiger partial charge in [0.25, 0.3) is 0 Å². The quantitative estimate of drug-likeness (QED) is 0.804. The lowest BCUT2D eigenvalue weighted by Crippen LogP contribution is -2.44. The molecule has 0 aliphatic heterocycles. The van der Waals surface area contributed by atoms with Crippen LogP contribution in [0.4, 0.5) is 0 Å². The third-order valence-electron chi connectivity index (χ3n) is 3.53. The standard InChI is InChI=1S/C16H23NO5/c1-10(8-14(18)19)17-15(20)16(2,3)11-6-7-12(21-4)13(9-11)22-5/h6-7,9-10H,8H2,1-5H3,(H,17,20)(H,18,19). The first kappa shape index (κ1) is 17.8. The maximum atomic E-state index is 12.4. The zero-order valence-electron chi connectivity index (χ0n) is 13.6. The van der Waals surface area contributed by atoms with E-state index in [1.54, 1.807) is 46.1 Å². The summed E-state index contributed by atoms with van der Waals surface area (Å²) in [5.74, 6) is -0.0636. The lowest BCUT2D eigenvalue weighted by molar-refractivity contribution is -0.137. The predicted octanol–water partition coefficient (Wildman–Crippen LogP) is 1.96. The van der Waals surface area contributed by atoms with Crippen LogP contribution in [0.2, 0.25) is 0 Å². The normalized spacial score (nSPS) is 12.4. The summed E-state index contributed by atoms with van der Waals surface area (Å²) in [6, 6.07) is 4.84. The first-order valence-corrected chi connectivity index (χ1v) is 6.97. The van der Waals surface area contributed by atoms with E-state index < -0.39 is 17.4 Å². The molecule has 0 aliphatic carbocycles. The molecule has 1 aromatic rings. The van der Waals surface area contributed by atoms with E-state index in [2.05, 4.69) is 5.32 Å². The number of carboxylic acid groups (broad SMARTS) is 1. The Kier molecular flexibility index (Phi) is 5.79. The molecular formula is C16H23NO5.